The standard InChI is InChI=1S/C25H39BrN2O5S/c1-8-10-27(24(6,7)13-23(3,4)5)21(31)19-25-11-15(26)18(34-25)16(22(32)33)17(25)20(30)28(19)14(9-2)12-29/h8,14-19,29H,1,9-13H2,2-7H3,(H,32,33)/t14-,15?,16+,17-,18+,19?,25?/m0/s1. The Morgan fingerprint density at radius 1 is 1.35 bits per heavy atom. The number of hydrogen-bond acceptors (Lipinski definition) is 5. The first-order chi connectivity index (χ1) is 15.7. The van der Waals surface area contributed by atoms with E-state index >= 15 is 0 Å². The van der Waals surface area contributed by atoms with Gasteiger partial charge in [-0.1, -0.05) is 49.7 Å². The lowest BCUT2D eigenvalue weighted by Crippen LogP contribution is -2.61. The molecule has 1 spiro atoms. The van der Waals surface area contributed by atoms with Crippen molar-refractivity contribution in [1.29, 1.82) is 0 Å². The van der Waals surface area contributed by atoms with Crippen LogP contribution in [0.2, 0.25) is 0 Å². The van der Waals surface area contributed by atoms with Gasteiger partial charge in [0.05, 0.1) is 29.2 Å². The molecule has 3 heterocycles. The van der Waals surface area contributed by atoms with Crippen LogP contribution < -0.4 is 0 Å². The highest BCUT2D eigenvalue weighted by Crippen LogP contribution is 2.68. The summed E-state index contributed by atoms with van der Waals surface area (Å²) in [4.78, 5) is 43.9. The third-order valence-electron chi connectivity index (χ3n) is 7.59. The fraction of sp³-hybridized carbons (Fsp3) is 0.800. The second-order valence-electron chi connectivity index (χ2n) is 11.8. The minimum Gasteiger partial charge on any atom is -0.481 e. The Labute approximate surface area is 215 Å². The molecule has 0 saturated carbocycles. The smallest absolute Gasteiger partial charge is 0.308 e. The van der Waals surface area contributed by atoms with Gasteiger partial charge in [0.2, 0.25) is 11.8 Å². The highest BCUT2D eigenvalue weighted by molar-refractivity contribution is 9.09. The van der Waals surface area contributed by atoms with Crippen molar-refractivity contribution in [2.75, 3.05) is 13.2 Å². The number of aliphatic hydroxyl groups excluding tert-OH is 1. The third kappa shape index (κ3) is 4.34. The Bertz CT molecular complexity index is 855. The van der Waals surface area contributed by atoms with Gasteiger partial charge < -0.3 is 20.0 Å². The molecule has 0 radical (unpaired) electrons. The Balaban J connectivity index is 2.15. The zero-order valence-corrected chi connectivity index (χ0v) is 23.5. The fourth-order valence-corrected chi connectivity index (χ4v) is 10.3. The lowest BCUT2D eigenvalue weighted by atomic mass is 9.70. The van der Waals surface area contributed by atoms with Crippen LogP contribution in [0, 0.1) is 17.3 Å². The molecular formula is C25H39BrN2O5S. The highest BCUT2D eigenvalue weighted by Gasteiger charge is 2.76. The molecule has 0 aromatic carbocycles. The summed E-state index contributed by atoms with van der Waals surface area (Å²) in [5.41, 5.74) is -0.558. The molecule has 3 rings (SSSR count). The molecular weight excluding hydrogens is 520 g/mol. The van der Waals surface area contributed by atoms with E-state index in [9.17, 15) is 24.6 Å². The number of likely N-dealkylation sites (tertiary alicyclic amines) is 1. The number of carbonyl (C=O) groups is 3. The van der Waals surface area contributed by atoms with E-state index in [1.54, 1.807) is 11.0 Å². The molecule has 7 nitrogen and oxygen atoms in total. The Morgan fingerprint density at radius 2 is 1.97 bits per heavy atom. The molecule has 34 heavy (non-hydrogen) atoms. The number of thioether (sulfide) groups is 1. The van der Waals surface area contributed by atoms with Gasteiger partial charge in [-0.05, 0) is 38.5 Å². The second kappa shape index (κ2) is 9.43. The molecule has 0 aliphatic carbocycles. The van der Waals surface area contributed by atoms with E-state index in [-0.39, 0.29) is 33.9 Å². The summed E-state index contributed by atoms with van der Waals surface area (Å²) in [6, 6.07) is -1.37. The molecule has 2 bridgehead atoms. The molecule has 3 unspecified atom stereocenters. The lowest BCUT2D eigenvalue weighted by molar-refractivity contribution is -0.150. The van der Waals surface area contributed by atoms with Gasteiger partial charge in [-0.2, -0.15) is 0 Å². The summed E-state index contributed by atoms with van der Waals surface area (Å²) in [5, 5.41) is 19.9. The molecule has 3 aliphatic heterocycles. The molecule has 7 atom stereocenters. The van der Waals surface area contributed by atoms with E-state index in [0.717, 1.165) is 6.42 Å². The van der Waals surface area contributed by atoms with Crippen LogP contribution >= 0.6 is 27.7 Å². The SMILES string of the molecule is C=CCN(C(=O)C1N([C@@H](CC)CO)C(=O)[C@@H]2[C@@H](C(=O)O)[C@@H]3SC12CC3Br)C(C)(C)CC(C)(C)C. The van der Waals surface area contributed by atoms with Crippen LogP contribution in [0.5, 0.6) is 0 Å². The van der Waals surface area contributed by atoms with Crippen LogP contribution in [0.4, 0.5) is 0 Å². The number of hydrogen-bond donors (Lipinski definition) is 2. The van der Waals surface area contributed by atoms with E-state index in [1.165, 1.54) is 11.8 Å². The normalized spacial score (nSPS) is 33.7. The van der Waals surface area contributed by atoms with E-state index in [2.05, 4.69) is 43.3 Å². The van der Waals surface area contributed by atoms with Crippen LogP contribution in [0.15, 0.2) is 12.7 Å². The predicted octanol–water partition coefficient (Wildman–Crippen LogP) is 3.54. The Hall–Kier alpha value is -1.06. The zero-order chi connectivity index (χ0) is 25.8. The van der Waals surface area contributed by atoms with E-state index < -0.39 is 40.2 Å². The summed E-state index contributed by atoms with van der Waals surface area (Å²) in [6.45, 7) is 16.3. The van der Waals surface area contributed by atoms with Crippen molar-refractivity contribution >= 4 is 45.5 Å². The predicted molar refractivity (Wildman–Crippen MR) is 138 cm³/mol. The van der Waals surface area contributed by atoms with Gasteiger partial charge in [0.25, 0.3) is 0 Å². The molecule has 0 aromatic heterocycles. The van der Waals surface area contributed by atoms with Crippen LogP contribution in [-0.4, -0.2) is 83.4 Å². The van der Waals surface area contributed by atoms with Gasteiger partial charge in [0, 0.05) is 22.2 Å². The average molecular weight is 560 g/mol. The van der Waals surface area contributed by atoms with Crippen molar-refractivity contribution < 1.29 is 24.6 Å². The fourth-order valence-electron chi connectivity index (χ4n) is 6.74. The maximum absolute atomic E-state index is 14.5. The molecule has 9 heteroatoms. The van der Waals surface area contributed by atoms with Crippen LogP contribution in [0.1, 0.15) is 60.8 Å². The first-order valence-electron chi connectivity index (χ1n) is 12.1. The maximum Gasteiger partial charge on any atom is 0.308 e. The Kier molecular flexibility index (Phi) is 7.64. The number of rotatable bonds is 9. The largest absolute Gasteiger partial charge is 0.481 e. The zero-order valence-electron chi connectivity index (χ0n) is 21.1. The third-order valence-corrected chi connectivity index (χ3v) is 10.8. The summed E-state index contributed by atoms with van der Waals surface area (Å²) < 4.78 is -0.837. The number of aliphatic hydroxyl groups is 1. The number of amides is 2. The topological polar surface area (TPSA) is 98.2 Å². The second-order valence-corrected chi connectivity index (χ2v) is 14.5. The van der Waals surface area contributed by atoms with Gasteiger partial charge in [-0.3, -0.25) is 14.4 Å². The van der Waals surface area contributed by atoms with Gasteiger partial charge in [-0.15, -0.1) is 18.3 Å². The molecule has 3 fully saturated rings. The highest BCUT2D eigenvalue weighted by atomic mass is 79.9. The first-order valence-corrected chi connectivity index (χ1v) is 13.9. The van der Waals surface area contributed by atoms with Gasteiger partial charge in [-0.25, -0.2) is 0 Å². The van der Waals surface area contributed by atoms with Crippen molar-refractivity contribution in [3.63, 3.8) is 0 Å². The van der Waals surface area contributed by atoms with E-state index in [1.807, 2.05) is 25.7 Å². The monoisotopic (exact) mass is 558 g/mol. The van der Waals surface area contributed by atoms with Crippen molar-refractivity contribution in [2.24, 2.45) is 17.3 Å². The van der Waals surface area contributed by atoms with Crippen LogP contribution in [0.3, 0.4) is 0 Å². The minimum absolute atomic E-state index is 0.0395. The number of nitrogens with zero attached hydrogens (tertiary/aromatic N) is 2. The average Bonchev–Trinajstić information content (AvgIpc) is 3.29. The summed E-state index contributed by atoms with van der Waals surface area (Å²) in [7, 11) is 0. The lowest BCUT2D eigenvalue weighted by Gasteiger charge is -2.46. The molecule has 2 N–H and O–H groups in total. The van der Waals surface area contributed by atoms with Crippen molar-refractivity contribution in [3.8, 4) is 0 Å². The van der Waals surface area contributed by atoms with Crippen molar-refractivity contribution in [2.45, 2.75) is 93.3 Å². The first kappa shape index (κ1) is 27.5. The molecule has 3 aliphatic rings. The van der Waals surface area contributed by atoms with Crippen molar-refractivity contribution in [3.05, 3.63) is 12.7 Å². The van der Waals surface area contributed by atoms with Crippen LogP contribution in [-0.2, 0) is 14.4 Å². The quantitative estimate of drug-likeness (QED) is 0.332. The molecule has 192 valence electrons. The maximum atomic E-state index is 14.5. The van der Waals surface area contributed by atoms with Gasteiger partial charge in [0.15, 0.2) is 0 Å². The van der Waals surface area contributed by atoms with Crippen LogP contribution in [0.25, 0.3) is 0 Å². The van der Waals surface area contributed by atoms with Gasteiger partial charge in [0.1, 0.15) is 6.04 Å². The number of alkyl halides is 1. The number of carbonyl (C=O) groups excluding carboxylic acids is 2. The minimum atomic E-state index is -0.997. The number of carboxylic acids is 1. The molecule has 3 saturated heterocycles. The van der Waals surface area contributed by atoms with Gasteiger partial charge >= 0.3 is 5.97 Å². The number of halogens is 1. The number of carboxylic acid groups (broad SMARTS) is 1. The Morgan fingerprint density at radius 3 is 2.44 bits per heavy atom. The molecule has 2 amide bonds. The summed E-state index contributed by atoms with van der Waals surface area (Å²) >= 11 is 5.16. The van der Waals surface area contributed by atoms with E-state index in [0.29, 0.717) is 19.4 Å². The van der Waals surface area contributed by atoms with Crippen molar-refractivity contribution in [1.82, 2.24) is 9.80 Å². The summed E-state index contributed by atoms with van der Waals surface area (Å²) in [5.74, 6) is -3.13. The van der Waals surface area contributed by atoms with E-state index in [4.69, 9.17) is 0 Å². The number of aliphatic carboxylic acids is 1. The number of fused-ring (bicyclic) bond motifs is 1. The summed E-state index contributed by atoms with van der Waals surface area (Å²) in [6.07, 6.45) is 3.46. The molecule has 0 aromatic rings.